The second-order valence-corrected chi connectivity index (χ2v) is 8.27. The van der Waals surface area contributed by atoms with Crippen LogP contribution < -0.4 is 15.5 Å². The van der Waals surface area contributed by atoms with Gasteiger partial charge in [0.1, 0.15) is 5.54 Å². The van der Waals surface area contributed by atoms with E-state index in [0.29, 0.717) is 19.4 Å². The number of amides is 2. The standard InChI is InChI=1S/C26H37N3O3/c1-5-7-8-9-17-28-25(32)29(4)23-12-10-11-22(18-23)21-15-13-20(14-16-21)19-26(6-2,27-3)24(30)31/h10-16,18,27H,5-9,17,19H2,1-4H3,(H,28,32)(H,30,31). The van der Waals surface area contributed by atoms with E-state index in [9.17, 15) is 14.7 Å². The van der Waals surface area contributed by atoms with Gasteiger partial charge in [0.15, 0.2) is 0 Å². The third kappa shape index (κ3) is 6.57. The van der Waals surface area contributed by atoms with Gasteiger partial charge in [-0.1, -0.05) is 69.5 Å². The number of rotatable bonds is 12. The maximum Gasteiger partial charge on any atom is 0.324 e. The van der Waals surface area contributed by atoms with Crippen LogP contribution >= 0.6 is 0 Å². The molecule has 2 amide bonds. The highest BCUT2D eigenvalue weighted by molar-refractivity contribution is 5.92. The Balaban J connectivity index is 2.08. The van der Waals surface area contributed by atoms with E-state index < -0.39 is 11.5 Å². The average Bonchev–Trinajstić information content (AvgIpc) is 2.82. The zero-order chi connectivity index (χ0) is 23.6. The van der Waals surface area contributed by atoms with Crippen molar-refractivity contribution in [1.82, 2.24) is 10.6 Å². The van der Waals surface area contributed by atoms with Crippen molar-refractivity contribution < 1.29 is 14.7 Å². The second-order valence-electron chi connectivity index (χ2n) is 8.27. The van der Waals surface area contributed by atoms with Crippen molar-refractivity contribution in [2.24, 2.45) is 0 Å². The van der Waals surface area contributed by atoms with Gasteiger partial charge in [-0.3, -0.25) is 9.69 Å². The van der Waals surface area contributed by atoms with Crippen molar-refractivity contribution in [2.45, 2.75) is 57.9 Å². The molecule has 2 rings (SSSR count). The van der Waals surface area contributed by atoms with Gasteiger partial charge < -0.3 is 15.7 Å². The van der Waals surface area contributed by atoms with E-state index in [0.717, 1.165) is 35.2 Å². The number of carboxylic acids is 1. The Bertz CT molecular complexity index is 876. The minimum Gasteiger partial charge on any atom is -0.480 e. The van der Waals surface area contributed by atoms with E-state index in [1.165, 1.54) is 12.8 Å². The normalized spacial score (nSPS) is 12.8. The van der Waals surface area contributed by atoms with Crippen molar-refractivity contribution in [1.29, 1.82) is 0 Å². The van der Waals surface area contributed by atoms with Gasteiger partial charge in [-0.2, -0.15) is 0 Å². The van der Waals surface area contributed by atoms with Crippen LogP contribution in [-0.2, 0) is 11.2 Å². The summed E-state index contributed by atoms with van der Waals surface area (Å²) in [7, 11) is 3.47. The van der Waals surface area contributed by atoms with Crippen LogP contribution in [0.15, 0.2) is 48.5 Å². The van der Waals surface area contributed by atoms with E-state index in [1.54, 1.807) is 19.0 Å². The zero-order valence-electron chi connectivity index (χ0n) is 19.8. The molecule has 0 aliphatic heterocycles. The summed E-state index contributed by atoms with van der Waals surface area (Å²) in [5.74, 6) is -0.842. The Morgan fingerprint density at radius 2 is 1.72 bits per heavy atom. The molecule has 0 aliphatic carbocycles. The average molecular weight is 440 g/mol. The van der Waals surface area contributed by atoms with Gasteiger partial charge >= 0.3 is 12.0 Å². The number of nitrogens with one attached hydrogen (secondary N) is 2. The maximum absolute atomic E-state index is 12.5. The van der Waals surface area contributed by atoms with E-state index in [1.807, 2.05) is 55.5 Å². The number of benzene rings is 2. The summed E-state index contributed by atoms with van der Waals surface area (Å²) in [6.07, 6.45) is 5.40. The Labute approximate surface area is 192 Å². The fourth-order valence-electron chi connectivity index (χ4n) is 3.76. The van der Waals surface area contributed by atoms with Crippen molar-refractivity contribution in [3.63, 3.8) is 0 Å². The molecule has 0 radical (unpaired) electrons. The zero-order valence-corrected chi connectivity index (χ0v) is 19.8. The number of nitrogens with zero attached hydrogens (tertiary/aromatic N) is 1. The first-order valence-corrected chi connectivity index (χ1v) is 11.5. The summed E-state index contributed by atoms with van der Waals surface area (Å²) in [5.41, 5.74) is 2.84. The molecule has 174 valence electrons. The molecule has 2 aromatic carbocycles. The minimum atomic E-state index is -0.964. The van der Waals surface area contributed by atoms with E-state index in [4.69, 9.17) is 0 Å². The molecule has 0 fully saturated rings. The molecule has 0 heterocycles. The van der Waals surface area contributed by atoms with E-state index in [-0.39, 0.29) is 6.03 Å². The van der Waals surface area contributed by atoms with Crippen LogP contribution in [0.3, 0.4) is 0 Å². The second kappa shape index (κ2) is 12.2. The molecular formula is C26H37N3O3. The summed E-state index contributed by atoms with van der Waals surface area (Å²) in [6.45, 7) is 4.73. The fraction of sp³-hybridized carbons (Fsp3) is 0.462. The molecule has 0 aliphatic rings. The highest BCUT2D eigenvalue weighted by Gasteiger charge is 2.34. The van der Waals surface area contributed by atoms with Gasteiger partial charge in [0, 0.05) is 25.7 Å². The topological polar surface area (TPSA) is 81.7 Å². The number of unbranched alkanes of at least 4 members (excludes halogenated alkanes) is 3. The third-order valence-corrected chi connectivity index (χ3v) is 6.13. The van der Waals surface area contributed by atoms with Crippen molar-refractivity contribution in [2.75, 3.05) is 25.5 Å². The number of likely N-dealkylation sites (N-methyl/N-ethyl adjacent to an activating group) is 1. The first-order valence-electron chi connectivity index (χ1n) is 11.5. The fourth-order valence-corrected chi connectivity index (χ4v) is 3.76. The van der Waals surface area contributed by atoms with Crippen LogP contribution in [0, 0.1) is 0 Å². The van der Waals surface area contributed by atoms with Gasteiger partial charge in [0.25, 0.3) is 0 Å². The van der Waals surface area contributed by atoms with E-state index in [2.05, 4.69) is 17.6 Å². The largest absolute Gasteiger partial charge is 0.480 e. The number of aliphatic carboxylic acids is 1. The molecule has 0 aromatic heterocycles. The third-order valence-electron chi connectivity index (χ3n) is 6.13. The van der Waals surface area contributed by atoms with Crippen LogP contribution in [0.1, 0.15) is 51.5 Å². The predicted molar refractivity (Wildman–Crippen MR) is 131 cm³/mol. The first kappa shape index (κ1) is 25.4. The lowest BCUT2D eigenvalue weighted by Crippen LogP contribution is -2.51. The molecule has 2 aromatic rings. The number of urea groups is 1. The van der Waals surface area contributed by atoms with Crippen molar-refractivity contribution in [3.05, 3.63) is 54.1 Å². The summed E-state index contributed by atoms with van der Waals surface area (Å²) in [5, 5.41) is 15.6. The molecule has 1 unspecified atom stereocenters. The molecule has 6 nitrogen and oxygen atoms in total. The molecular weight excluding hydrogens is 402 g/mol. The van der Waals surface area contributed by atoms with Gasteiger partial charge in [0.05, 0.1) is 0 Å². The lowest BCUT2D eigenvalue weighted by Gasteiger charge is -2.27. The molecule has 0 saturated carbocycles. The Hall–Kier alpha value is -2.86. The van der Waals surface area contributed by atoms with Crippen LogP contribution in [0.2, 0.25) is 0 Å². The van der Waals surface area contributed by atoms with Gasteiger partial charge in [0.2, 0.25) is 0 Å². The summed E-state index contributed by atoms with van der Waals surface area (Å²) in [4.78, 5) is 25.9. The number of carbonyl (C=O) groups excluding carboxylic acids is 1. The van der Waals surface area contributed by atoms with Crippen LogP contribution in [0.25, 0.3) is 11.1 Å². The smallest absolute Gasteiger partial charge is 0.324 e. The number of hydrogen-bond donors (Lipinski definition) is 3. The maximum atomic E-state index is 12.5. The summed E-state index contributed by atoms with van der Waals surface area (Å²) >= 11 is 0. The molecule has 0 spiro atoms. The van der Waals surface area contributed by atoms with Crippen LogP contribution in [-0.4, -0.2) is 43.3 Å². The molecule has 1 atom stereocenters. The number of carboxylic acid groups (broad SMARTS) is 1. The lowest BCUT2D eigenvalue weighted by atomic mass is 9.88. The minimum absolute atomic E-state index is 0.106. The van der Waals surface area contributed by atoms with Crippen molar-refractivity contribution in [3.8, 4) is 11.1 Å². The van der Waals surface area contributed by atoms with Gasteiger partial charge in [-0.15, -0.1) is 0 Å². The van der Waals surface area contributed by atoms with E-state index >= 15 is 0 Å². The lowest BCUT2D eigenvalue weighted by molar-refractivity contribution is -0.144. The number of hydrogen-bond acceptors (Lipinski definition) is 3. The number of carbonyl (C=O) groups is 2. The highest BCUT2D eigenvalue weighted by Crippen LogP contribution is 2.26. The number of anilines is 1. The monoisotopic (exact) mass is 439 g/mol. The van der Waals surface area contributed by atoms with Crippen molar-refractivity contribution >= 4 is 17.7 Å². The summed E-state index contributed by atoms with van der Waals surface area (Å²) < 4.78 is 0. The SMILES string of the molecule is CCCCCCNC(=O)N(C)c1cccc(-c2ccc(CC(CC)(NC)C(=O)O)cc2)c1. The summed E-state index contributed by atoms with van der Waals surface area (Å²) in [6, 6.07) is 15.7. The van der Waals surface area contributed by atoms with Gasteiger partial charge in [-0.05, 0) is 48.7 Å². The molecule has 3 N–H and O–H groups in total. The Morgan fingerprint density at radius 3 is 2.31 bits per heavy atom. The molecule has 0 bridgehead atoms. The Kier molecular flexibility index (Phi) is 9.72. The highest BCUT2D eigenvalue weighted by atomic mass is 16.4. The quantitative estimate of drug-likeness (QED) is 0.403. The van der Waals surface area contributed by atoms with Crippen LogP contribution in [0.4, 0.5) is 10.5 Å². The Morgan fingerprint density at radius 1 is 1.00 bits per heavy atom. The predicted octanol–water partition coefficient (Wildman–Crippen LogP) is 5.08. The molecule has 0 saturated heterocycles. The first-order chi connectivity index (χ1) is 15.4. The molecule has 32 heavy (non-hydrogen) atoms. The van der Waals surface area contributed by atoms with Crippen LogP contribution in [0.5, 0.6) is 0 Å². The molecule has 6 heteroatoms. The van der Waals surface area contributed by atoms with Gasteiger partial charge in [-0.25, -0.2) is 4.79 Å².